The Balaban J connectivity index is 1.68. The van der Waals surface area contributed by atoms with Gasteiger partial charge in [-0.1, -0.05) is 91.0 Å². The summed E-state index contributed by atoms with van der Waals surface area (Å²) in [5, 5.41) is 22.6. The van der Waals surface area contributed by atoms with E-state index in [0.29, 0.717) is 5.46 Å². The summed E-state index contributed by atoms with van der Waals surface area (Å²) in [7, 11) is -1.54. The topological polar surface area (TPSA) is 40.5 Å². The Kier molecular flexibility index (Phi) is 5.27. The molecule has 0 atom stereocenters. The van der Waals surface area contributed by atoms with Crippen LogP contribution >= 0.6 is 11.3 Å². The van der Waals surface area contributed by atoms with Crippen molar-refractivity contribution in [1.82, 2.24) is 0 Å². The van der Waals surface area contributed by atoms with Crippen molar-refractivity contribution in [3.05, 3.63) is 115 Å². The molecule has 1 heterocycles. The minimum Gasteiger partial charge on any atom is -0.423 e. The van der Waals surface area contributed by atoms with Gasteiger partial charge in [0.2, 0.25) is 0 Å². The summed E-state index contributed by atoms with van der Waals surface area (Å²) in [6.07, 6.45) is 0. The quantitative estimate of drug-likeness (QED) is 0.289. The van der Waals surface area contributed by atoms with Crippen LogP contribution < -0.4 is 5.46 Å². The molecule has 0 amide bonds. The van der Waals surface area contributed by atoms with E-state index in [4.69, 9.17) is 0 Å². The Bertz CT molecular complexity index is 1620. The first-order valence-electron chi connectivity index (χ1n) is 11.3. The Morgan fingerprint density at radius 1 is 0.500 bits per heavy atom. The highest BCUT2D eigenvalue weighted by Gasteiger charge is 2.20. The van der Waals surface area contributed by atoms with Crippen molar-refractivity contribution in [2.24, 2.45) is 0 Å². The molecule has 0 aliphatic rings. The third-order valence-electron chi connectivity index (χ3n) is 6.31. The van der Waals surface area contributed by atoms with Crippen LogP contribution in [0.1, 0.15) is 0 Å². The van der Waals surface area contributed by atoms with Crippen LogP contribution in [-0.4, -0.2) is 17.2 Å². The van der Waals surface area contributed by atoms with Gasteiger partial charge in [0.1, 0.15) is 0 Å². The molecule has 2 nitrogen and oxygen atoms in total. The molecule has 0 aliphatic heterocycles. The predicted molar refractivity (Wildman–Crippen MR) is 145 cm³/mol. The van der Waals surface area contributed by atoms with Gasteiger partial charge in [0.25, 0.3) is 0 Å². The number of thiophene rings is 1. The van der Waals surface area contributed by atoms with Crippen LogP contribution in [-0.2, 0) is 0 Å². The zero-order valence-corrected chi connectivity index (χ0v) is 19.2. The molecule has 0 radical (unpaired) electrons. The van der Waals surface area contributed by atoms with Crippen molar-refractivity contribution < 1.29 is 10.0 Å². The number of fused-ring (bicyclic) bond motifs is 3. The van der Waals surface area contributed by atoms with Crippen LogP contribution in [0.15, 0.2) is 115 Å². The van der Waals surface area contributed by atoms with Crippen LogP contribution in [0.25, 0.3) is 53.6 Å². The largest absolute Gasteiger partial charge is 0.489 e. The van der Waals surface area contributed by atoms with Crippen LogP contribution in [0, 0.1) is 0 Å². The predicted octanol–water partition coefficient (Wildman–Crippen LogP) is 6.74. The number of rotatable bonds is 4. The third kappa shape index (κ3) is 3.62. The van der Waals surface area contributed by atoms with E-state index in [9.17, 15) is 10.0 Å². The summed E-state index contributed by atoms with van der Waals surface area (Å²) in [6.45, 7) is 0. The summed E-state index contributed by atoms with van der Waals surface area (Å²) >= 11 is 1.75. The zero-order chi connectivity index (χ0) is 23.1. The molecular formula is C30H21BO2S. The Morgan fingerprint density at radius 3 is 1.82 bits per heavy atom. The van der Waals surface area contributed by atoms with Crippen molar-refractivity contribution in [3.63, 3.8) is 0 Å². The van der Waals surface area contributed by atoms with Crippen molar-refractivity contribution in [2.75, 3.05) is 0 Å². The van der Waals surface area contributed by atoms with Gasteiger partial charge in [-0.25, -0.2) is 0 Å². The minimum absolute atomic E-state index is 0.511. The standard InChI is InChI=1S/C30H21BO2S/c32-31(33)28-14-8-7-13-24(28)26-18-23(21-11-5-2-6-12-21)19-27-25-17-22(20-9-3-1-4-10-20)15-16-29(25)34-30(26)27/h1-19,32-33H. The van der Waals surface area contributed by atoms with E-state index >= 15 is 0 Å². The molecule has 0 bridgehead atoms. The van der Waals surface area contributed by atoms with Crippen LogP contribution in [0.4, 0.5) is 0 Å². The normalized spacial score (nSPS) is 11.2. The first-order chi connectivity index (χ1) is 16.7. The molecule has 0 aliphatic carbocycles. The van der Waals surface area contributed by atoms with Gasteiger partial charge >= 0.3 is 7.12 Å². The number of hydrogen-bond acceptors (Lipinski definition) is 3. The minimum atomic E-state index is -1.54. The molecule has 1 aromatic heterocycles. The second-order valence-corrected chi connectivity index (χ2v) is 9.46. The maximum Gasteiger partial charge on any atom is 0.489 e. The van der Waals surface area contributed by atoms with E-state index in [1.165, 1.54) is 26.6 Å². The summed E-state index contributed by atoms with van der Waals surface area (Å²) in [4.78, 5) is 0. The lowest BCUT2D eigenvalue weighted by molar-refractivity contribution is 0.426. The highest BCUT2D eigenvalue weighted by Crippen LogP contribution is 2.43. The van der Waals surface area contributed by atoms with Crippen LogP contribution in [0.3, 0.4) is 0 Å². The SMILES string of the molecule is OB(O)c1ccccc1-c1cc(-c2ccccc2)cc2c1sc1ccc(-c3ccccc3)cc12. The van der Waals surface area contributed by atoms with Gasteiger partial charge in [0.15, 0.2) is 0 Å². The second-order valence-electron chi connectivity index (χ2n) is 8.41. The van der Waals surface area contributed by atoms with Gasteiger partial charge < -0.3 is 10.0 Å². The van der Waals surface area contributed by atoms with Gasteiger partial charge in [0.05, 0.1) is 0 Å². The molecule has 0 fully saturated rings. The summed E-state index contributed by atoms with van der Waals surface area (Å²) in [6, 6.07) is 39.4. The Labute approximate surface area is 202 Å². The van der Waals surface area contributed by atoms with E-state index in [1.54, 1.807) is 17.4 Å². The fourth-order valence-corrected chi connectivity index (χ4v) is 5.85. The molecule has 0 spiro atoms. The maximum absolute atomic E-state index is 10.1. The second kappa shape index (κ2) is 8.58. The maximum atomic E-state index is 10.1. The first-order valence-corrected chi connectivity index (χ1v) is 12.1. The highest BCUT2D eigenvalue weighted by atomic mass is 32.1. The van der Waals surface area contributed by atoms with Gasteiger partial charge in [-0.3, -0.25) is 0 Å². The van der Waals surface area contributed by atoms with Crippen molar-refractivity contribution >= 4 is 44.1 Å². The average molecular weight is 456 g/mol. The summed E-state index contributed by atoms with van der Waals surface area (Å²) in [5.74, 6) is 0. The smallest absolute Gasteiger partial charge is 0.423 e. The van der Waals surface area contributed by atoms with E-state index in [2.05, 4.69) is 66.7 Å². The van der Waals surface area contributed by atoms with Crippen LogP contribution in [0.5, 0.6) is 0 Å². The molecule has 2 N–H and O–H groups in total. The lowest BCUT2D eigenvalue weighted by Crippen LogP contribution is -2.31. The molecule has 0 saturated heterocycles. The van der Waals surface area contributed by atoms with E-state index < -0.39 is 7.12 Å². The van der Waals surface area contributed by atoms with Crippen LogP contribution in [0.2, 0.25) is 0 Å². The zero-order valence-electron chi connectivity index (χ0n) is 18.3. The van der Waals surface area contributed by atoms with Gasteiger partial charge in [-0.05, 0) is 63.1 Å². The van der Waals surface area contributed by atoms with E-state index in [0.717, 1.165) is 27.0 Å². The Morgan fingerprint density at radius 2 is 1.12 bits per heavy atom. The average Bonchev–Trinajstić information content (AvgIpc) is 3.27. The molecule has 0 saturated carbocycles. The molecule has 162 valence electrons. The lowest BCUT2D eigenvalue weighted by Gasteiger charge is -2.13. The summed E-state index contributed by atoms with van der Waals surface area (Å²) in [5.41, 5.74) is 6.98. The van der Waals surface area contributed by atoms with E-state index in [1.807, 2.05) is 42.5 Å². The molecule has 4 heteroatoms. The molecule has 34 heavy (non-hydrogen) atoms. The van der Waals surface area contributed by atoms with Crippen molar-refractivity contribution in [2.45, 2.75) is 0 Å². The van der Waals surface area contributed by atoms with Crippen molar-refractivity contribution in [1.29, 1.82) is 0 Å². The van der Waals surface area contributed by atoms with Gasteiger partial charge in [-0.2, -0.15) is 0 Å². The molecular weight excluding hydrogens is 435 g/mol. The van der Waals surface area contributed by atoms with Gasteiger partial charge in [-0.15, -0.1) is 11.3 Å². The highest BCUT2D eigenvalue weighted by molar-refractivity contribution is 7.26. The van der Waals surface area contributed by atoms with Crippen molar-refractivity contribution in [3.8, 4) is 33.4 Å². The third-order valence-corrected chi connectivity index (χ3v) is 7.53. The molecule has 5 aromatic carbocycles. The van der Waals surface area contributed by atoms with E-state index in [-0.39, 0.29) is 0 Å². The monoisotopic (exact) mass is 456 g/mol. The summed E-state index contributed by atoms with van der Waals surface area (Å²) < 4.78 is 2.36. The lowest BCUT2D eigenvalue weighted by atomic mass is 9.75. The number of hydrogen-bond donors (Lipinski definition) is 2. The fourth-order valence-electron chi connectivity index (χ4n) is 4.65. The number of benzene rings is 5. The van der Waals surface area contributed by atoms with Gasteiger partial charge in [0, 0.05) is 20.2 Å². The molecule has 0 unspecified atom stereocenters. The Hall–Kier alpha value is -3.70. The fraction of sp³-hybridized carbons (Fsp3) is 0. The first kappa shape index (κ1) is 20.9. The molecule has 6 rings (SSSR count). The molecule has 6 aromatic rings.